The Labute approximate surface area is 116 Å². The summed E-state index contributed by atoms with van der Waals surface area (Å²) in [7, 11) is 0. The summed E-state index contributed by atoms with van der Waals surface area (Å²) < 4.78 is 18.6. The van der Waals surface area contributed by atoms with Gasteiger partial charge in [0, 0.05) is 5.56 Å². The lowest BCUT2D eigenvalue weighted by Gasteiger charge is -2.14. The lowest BCUT2D eigenvalue weighted by molar-refractivity contribution is 0.280. The topological polar surface area (TPSA) is 53.2 Å². The zero-order valence-corrected chi connectivity index (χ0v) is 11.1. The van der Waals surface area contributed by atoms with Crippen molar-refractivity contribution < 1.29 is 14.2 Å². The second-order valence-corrected chi connectivity index (χ2v) is 4.23. The third-order valence-corrected chi connectivity index (χ3v) is 2.90. The second kappa shape index (κ2) is 6.18. The maximum Gasteiger partial charge on any atom is 0.128 e. The molecule has 0 heterocycles. The molecule has 0 radical (unpaired) electrons. The lowest BCUT2D eigenvalue weighted by Crippen LogP contribution is -1.99. The van der Waals surface area contributed by atoms with E-state index in [2.05, 4.69) is 6.07 Å². The number of nitriles is 1. The summed E-state index contributed by atoms with van der Waals surface area (Å²) in [4.78, 5) is 0. The van der Waals surface area contributed by atoms with Crippen LogP contribution in [0.3, 0.4) is 0 Å². The Morgan fingerprint density at radius 3 is 2.50 bits per heavy atom. The van der Waals surface area contributed by atoms with E-state index in [1.807, 2.05) is 6.92 Å². The minimum absolute atomic E-state index is 0.168. The molecule has 0 bridgehead atoms. The molecule has 0 saturated heterocycles. The van der Waals surface area contributed by atoms with Crippen molar-refractivity contribution in [1.82, 2.24) is 0 Å². The quantitative estimate of drug-likeness (QED) is 0.928. The normalized spacial score (nSPS) is 10.1. The second-order valence-electron chi connectivity index (χ2n) is 4.23. The smallest absolute Gasteiger partial charge is 0.128 e. The highest BCUT2D eigenvalue weighted by molar-refractivity contribution is 5.77. The van der Waals surface area contributed by atoms with E-state index in [4.69, 9.17) is 4.74 Å². The molecule has 0 aromatic heterocycles. The van der Waals surface area contributed by atoms with E-state index in [0.717, 1.165) is 0 Å². The minimum atomic E-state index is -0.336. The fourth-order valence-corrected chi connectivity index (χ4v) is 2.04. The summed E-state index contributed by atoms with van der Waals surface area (Å²) in [5.41, 5.74) is 2.32. The van der Waals surface area contributed by atoms with E-state index >= 15 is 0 Å². The monoisotopic (exact) mass is 271 g/mol. The number of benzene rings is 2. The Morgan fingerprint density at radius 2 is 1.95 bits per heavy atom. The molecule has 3 nitrogen and oxygen atoms in total. The van der Waals surface area contributed by atoms with Crippen molar-refractivity contribution in [3.8, 4) is 22.9 Å². The fraction of sp³-hybridized carbons (Fsp3) is 0.188. The molecule has 4 heteroatoms. The molecule has 0 aliphatic heterocycles. The zero-order chi connectivity index (χ0) is 14.5. The number of nitrogens with zero attached hydrogens (tertiary/aromatic N) is 1. The molecule has 0 fully saturated rings. The van der Waals surface area contributed by atoms with Crippen LogP contribution < -0.4 is 4.74 Å². The van der Waals surface area contributed by atoms with Gasteiger partial charge in [0.25, 0.3) is 0 Å². The van der Waals surface area contributed by atoms with Gasteiger partial charge in [0.1, 0.15) is 11.6 Å². The molecule has 2 rings (SSSR count). The van der Waals surface area contributed by atoms with Crippen LogP contribution in [0, 0.1) is 17.1 Å². The molecule has 0 amide bonds. The molecular weight excluding hydrogens is 257 g/mol. The summed E-state index contributed by atoms with van der Waals surface area (Å²) >= 11 is 0. The first kappa shape index (κ1) is 14.0. The Kier molecular flexibility index (Phi) is 4.34. The Hall–Kier alpha value is -2.38. The Morgan fingerprint density at radius 1 is 1.25 bits per heavy atom. The molecule has 102 valence electrons. The molecule has 0 atom stereocenters. The number of halogens is 1. The molecule has 0 spiro atoms. The van der Waals surface area contributed by atoms with Gasteiger partial charge < -0.3 is 9.84 Å². The first-order valence-electron chi connectivity index (χ1n) is 6.26. The van der Waals surface area contributed by atoms with Crippen molar-refractivity contribution in [2.75, 3.05) is 6.61 Å². The zero-order valence-electron chi connectivity index (χ0n) is 11.1. The van der Waals surface area contributed by atoms with E-state index in [1.165, 1.54) is 12.1 Å². The SMILES string of the molecule is CCOc1cc(CO)cc(C#N)c1-c1ccc(F)cc1. The van der Waals surface area contributed by atoms with Gasteiger partial charge in [-0.15, -0.1) is 0 Å². The standard InChI is InChI=1S/C16H14FNO2/c1-2-20-15-8-11(10-19)7-13(9-18)16(15)12-3-5-14(17)6-4-12/h3-8,19H,2,10H2,1H3. The molecule has 2 aromatic carbocycles. The van der Waals surface area contributed by atoms with Gasteiger partial charge in [0.2, 0.25) is 0 Å². The molecule has 0 aliphatic rings. The van der Waals surface area contributed by atoms with Crippen LogP contribution in [0.4, 0.5) is 4.39 Å². The Balaban J connectivity index is 2.65. The average molecular weight is 271 g/mol. The van der Waals surface area contributed by atoms with Gasteiger partial charge in [-0.05, 0) is 42.3 Å². The van der Waals surface area contributed by atoms with Gasteiger partial charge in [-0.3, -0.25) is 0 Å². The van der Waals surface area contributed by atoms with Crippen LogP contribution in [-0.2, 0) is 6.61 Å². The van der Waals surface area contributed by atoms with Gasteiger partial charge in [0.15, 0.2) is 0 Å². The van der Waals surface area contributed by atoms with E-state index in [9.17, 15) is 14.8 Å². The van der Waals surface area contributed by atoms with Crippen LogP contribution >= 0.6 is 0 Å². The molecule has 20 heavy (non-hydrogen) atoms. The van der Waals surface area contributed by atoms with Gasteiger partial charge in [0.05, 0.1) is 24.8 Å². The molecule has 2 aromatic rings. The minimum Gasteiger partial charge on any atom is -0.493 e. The first-order valence-corrected chi connectivity index (χ1v) is 6.26. The lowest BCUT2D eigenvalue weighted by atomic mass is 9.97. The summed E-state index contributed by atoms with van der Waals surface area (Å²) in [6, 6.07) is 11.3. The van der Waals surface area contributed by atoms with Crippen molar-refractivity contribution in [2.45, 2.75) is 13.5 Å². The average Bonchev–Trinajstić information content (AvgIpc) is 2.48. The first-order chi connectivity index (χ1) is 9.69. The van der Waals surface area contributed by atoms with Crippen molar-refractivity contribution in [3.63, 3.8) is 0 Å². The third kappa shape index (κ3) is 2.79. The number of hydrogen-bond acceptors (Lipinski definition) is 3. The van der Waals surface area contributed by atoms with Crippen molar-refractivity contribution >= 4 is 0 Å². The van der Waals surface area contributed by atoms with Gasteiger partial charge in [-0.2, -0.15) is 5.26 Å². The Bertz CT molecular complexity index is 645. The molecular formula is C16H14FNO2. The largest absolute Gasteiger partial charge is 0.493 e. The maximum absolute atomic E-state index is 13.0. The molecule has 0 saturated carbocycles. The third-order valence-electron chi connectivity index (χ3n) is 2.90. The van der Waals surface area contributed by atoms with Crippen molar-refractivity contribution in [2.24, 2.45) is 0 Å². The summed E-state index contributed by atoms with van der Waals surface area (Å²) in [6.45, 7) is 2.11. The van der Waals surface area contributed by atoms with Crippen molar-refractivity contribution in [3.05, 3.63) is 53.3 Å². The number of ether oxygens (including phenoxy) is 1. The number of aliphatic hydroxyl groups is 1. The van der Waals surface area contributed by atoms with Crippen LogP contribution in [0.15, 0.2) is 36.4 Å². The molecule has 0 unspecified atom stereocenters. The van der Waals surface area contributed by atoms with Crippen LogP contribution in [0.5, 0.6) is 5.75 Å². The van der Waals surface area contributed by atoms with Crippen molar-refractivity contribution in [1.29, 1.82) is 5.26 Å². The van der Waals surface area contributed by atoms with Crippen LogP contribution in [0.2, 0.25) is 0 Å². The molecule has 0 aliphatic carbocycles. The molecule has 1 N–H and O–H groups in total. The van der Waals surface area contributed by atoms with Crippen LogP contribution in [0.1, 0.15) is 18.1 Å². The summed E-state index contributed by atoms with van der Waals surface area (Å²) in [5, 5.41) is 18.5. The van der Waals surface area contributed by atoms with E-state index < -0.39 is 0 Å². The van der Waals surface area contributed by atoms with E-state index in [0.29, 0.717) is 34.6 Å². The summed E-state index contributed by atoms with van der Waals surface area (Å²) in [6.07, 6.45) is 0. The van der Waals surface area contributed by atoms with Crippen LogP contribution in [0.25, 0.3) is 11.1 Å². The van der Waals surface area contributed by atoms with E-state index in [-0.39, 0.29) is 12.4 Å². The maximum atomic E-state index is 13.0. The van der Waals surface area contributed by atoms with E-state index in [1.54, 1.807) is 24.3 Å². The highest BCUT2D eigenvalue weighted by atomic mass is 19.1. The predicted molar refractivity (Wildman–Crippen MR) is 73.6 cm³/mol. The number of rotatable bonds is 4. The van der Waals surface area contributed by atoms with Gasteiger partial charge >= 0.3 is 0 Å². The summed E-state index contributed by atoms with van der Waals surface area (Å²) in [5.74, 6) is 0.180. The number of hydrogen-bond donors (Lipinski definition) is 1. The van der Waals surface area contributed by atoms with Crippen LogP contribution in [-0.4, -0.2) is 11.7 Å². The highest BCUT2D eigenvalue weighted by Crippen LogP contribution is 2.34. The number of aliphatic hydroxyl groups excluding tert-OH is 1. The predicted octanol–water partition coefficient (Wildman–Crippen LogP) is 3.26. The highest BCUT2D eigenvalue weighted by Gasteiger charge is 2.14. The van der Waals surface area contributed by atoms with Gasteiger partial charge in [-0.25, -0.2) is 4.39 Å². The van der Waals surface area contributed by atoms with Gasteiger partial charge in [-0.1, -0.05) is 12.1 Å². The fourth-order valence-electron chi connectivity index (χ4n) is 2.04.